The molecule has 0 bridgehead atoms. The number of fused-ring (bicyclic) bond motifs is 1. The van der Waals surface area contributed by atoms with Crippen molar-refractivity contribution in [2.45, 2.75) is 25.7 Å². The van der Waals surface area contributed by atoms with Crippen molar-refractivity contribution in [2.75, 3.05) is 7.11 Å². The summed E-state index contributed by atoms with van der Waals surface area (Å²) >= 11 is 1.62. The first kappa shape index (κ1) is 15.4. The van der Waals surface area contributed by atoms with Gasteiger partial charge in [0, 0.05) is 11.1 Å². The van der Waals surface area contributed by atoms with Gasteiger partial charge >= 0.3 is 5.97 Å². The Kier molecular flexibility index (Phi) is 4.54. The van der Waals surface area contributed by atoms with E-state index in [-0.39, 0.29) is 5.97 Å². The molecular weight excluding hydrogens is 308 g/mol. The Bertz CT molecular complexity index is 798. The van der Waals surface area contributed by atoms with Crippen LogP contribution in [0.3, 0.4) is 0 Å². The first-order valence-corrected chi connectivity index (χ1v) is 8.31. The summed E-state index contributed by atoms with van der Waals surface area (Å²) in [4.78, 5) is 17.2. The van der Waals surface area contributed by atoms with Crippen molar-refractivity contribution >= 4 is 28.5 Å². The first-order valence-electron chi connectivity index (χ1n) is 7.50. The Morgan fingerprint density at radius 1 is 1.30 bits per heavy atom. The van der Waals surface area contributed by atoms with Gasteiger partial charge in [0.15, 0.2) is 0 Å². The molecule has 0 unspecified atom stereocenters. The molecule has 4 nitrogen and oxygen atoms in total. The minimum absolute atomic E-state index is 0.355. The molecule has 1 heterocycles. The van der Waals surface area contributed by atoms with Crippen LogP contribution in [0.4, 0.5) is 5.00 Å². The number of ether oxygens (including phenoxy) is 1. The molecule has 0 aliphatic heterocycles. The molecular formula is C18H16N2O2S. The zero-order valence-corrected chi connectivity index (χ0v) is 13.7. The summed E-state index contributed by atoms with van der Waals surface area (Å²) in [6, 6.07) is 9.35. The first-order chi connectivity index (χ1) is 11.2. The third-order valence-corrected chi connectivity index (χ3v) is 5.13. The fraction of sp³-hybridized carbons (Fsp3) is 0.278. The maximum Gasteiger partial charge on any atom is 0.337 e. The second-order valence-corrected chi connectivity index (χ2v) is 6.46. The third-order valence-electron chi connectivity index (χ3n) is 3.93. The number of hydrogen-bond acceptors (Lipinski definition) is 5. The van der Waals surface area contributed by atoms with E-state index in [4.69, 9.17) is 0 Å². The van der Waals surface area contributed by atoms with E-state index in [1.807, 2.05) is 12.1 Å². The molecule has 3 rings (SSSR count). The van der Waals surface area contributed by atoms with E-state index >= 15 is 0 Å². The maximum absolute atomic E-state index is 11.4. The Labute approximate surface area is 139 Å². The van der Waals surface area contributed by atoms with Gasteiger partial charge in [0.25, 0.3) is 0 Å². The van der Waals surface area contributed by atoms with Gasteiger partial charge in [-0.25, -0.2) is 9.79 Å². The lowest BCUT2D eigenvalue weighted by molar-refractivity contribution is 0.0600. The molecule has 0 N–H and O–H groups in total. The van der Waals surface area contributed by atoms with Gasteiger partial charge in [-0.2, -0.15) is 5.26 Å². The summed E-state index contributed by atoms with van der Waals surface area (Å²) < 4.78 is 4.68. The molecule has 0 amide bonds. The quantitative estimate of drug-likeness (QED) is 0.632. The van der Waals surface area contributed by atoms with Crippen LogP contribution >= 0.6 is 11.3 Å². The number of rotatable bonds is 3. The highest BCUT2D eigenvalue weighted by atomic mass is 32.1. The van der Waals surface area contributed by atoms with E-state index in [0.717, 1.165) is 35.4 Å². The van der Waals surface area contributed by atoms with Crippen molar-refractivity contribution in [1.29, 1.82) is 5.26 Å². The minimum atomic E-state index is -0.355. The summed E-state index contributed by atoms with van der Waals surface area (Å²) in [5, 5.41) is 10.2. The highest BCUT2D eigenvalue weighted by Gasteiger charge is 2.20. The number of carbonyl (C=O) groups is 1. The summed E-state index contributed by atoms with van der Waals surface area (Å²) in [5.41, 5.74) is 3.31. The van der Waals surface area contributed by atoms with Crippen molar-refractivity contribution in [3.05, 3.63) is 51.4 Å². The molecule has 1 aliphatic carbocycles. The number of aryl methyl sites for hydroxylation is 1. The standard InChI is InChI=1S/C18H16N2O2S/c1-22-18(21)13-8-6-12(7-9-13)11-20-17-15(10-19)14-4-2-3-5-16(14)23-17/h6-9,11H,2-5H2,1H3/b20-11+. The number of nitriles is 1. The van der Waals surface area contributed by atoms with Crippen LogP contribution in [-0.4, -0.2) is 19.3 Å². The normalized spacial score (nSPS) is 13.6. The molecule has 0 atom stereocenters. The molecule has 116 valence electrons. The fourth-order valence-electron chi connectivity index (χ4n) is 2.71. The highest BCUT2D eigenvalue weighted by Crippen LogP contribution is 2.39. The van der Waals surface area contributed by atoms with Gasteiger partial charge in [-0.1, -0.05) is 12.1 Å². The van der Waals surface area contributed by atoms with E-state index in [0.29, 0.717) is 5.56 Å². The van der Waals surface area contributed by atoms with Crippen molar-refractivity contribution in [1.82, 2.24) is 0 Å². The Hall–Kier alpha value is -2.45. The molecule has 0 fully saturated rings. The summed E-state index contributed by atoms with van der Waals surface area (Å²) in [6.07, 6.45) is 6.11. The van der Waals surface area contributed by atoms with Crippen LogP contribution in [0.2, 0.25) is 0 Å². The van der Waals surface area contributed by atoms with E-state index in [9.17, 15) is 10.1 Å². The molecule has 1 aromatic carbocycles. The van der Waals surface area contributed by atoms with Crippen molar-refractivity contribution < 1.29 is 9.53 Å². The van der Waals surface area contributed by atoms with Crippen LogP contribution in [0.15, 0.2) is 29.3 Å². The van der Waals surface area contributed by atoms with Crippen LogP contribution in [-0.2, 0) is 17.6 Å². The summed E-state index contributed by atoms with van der Waals surface area (Å²) in [5.74, 6) is -0.355. The average molecular weight is 324 g/mol. The van der Waals surface area contributed by atoms with E-state index in [1.54, 1.807) is 29.7 Å². The fourth-order valence-corrected chi connectivity index (χ4v) is 3.90. The Balaban J connectivity index is 1.84. The molecule has 2 aromatic rings. The molecule has 0 spiro atoms. The lowest BCUT2D eigenvalue weighted by Gasteiger charge is -2.09. The Morgan fingerprint density at radius 2 is 2.04 bits per heavy atom. The Morgan fingerprint density at radius 3 is 2.74 bits per heavy atom. The van der Waals surface area contributed by atoms with E-state index < -0.39 is 0 Å². The van der Waals surface area contributed by atoms with Gasteiger partial charge in [-0.3, -0.25) is 0 Å². The summed E-state index contributed by atoms with van der Waals surface area (Å²) in [6.45, 7) is 0. The van der Waals surface area contributed by atoms with Gasteiger partial charge in [0.05, 0.1) is 18.2 Å². The second kappa shape index (κ2) is 6.76. The van der Waals surface area contributed by atoms with Crippen molar-refractivity contribution in [3.8, 4) is 6.07 Å². The van der Waals surface area contributed by atoms with Crippen LogP contribution in [0.1, 0.15) is 44.8 Å². The molecule has 0 radical (unpaired) electrons. The summed E-state index contributed by atoms with van der Waals surface area (Å²) in [7, 11) is 1.36. The van der Waals surface area contributed by atoms with E-state index in [1.165, 1.54) is 24.0 Å². The second-order valence-electron chi connectivity index (χ2n) is 5.37. The molecule has 0 saturated carbocycles. The molecule has 1 aliphatic rings. The molecule has 1 aromatic heterocycles. The van der Waals surface area contributed by atoms with Crippen LogP contribution in [0, 0.1) is 11.3 Å². The van der Waals surface area contributed by atoms with Gasteiger partial charge in [0.1, 0.15) is 11.1 Å². The SMILES string of the molecule is COC(=O)c1ccc(/C=N/c2sc3c(c2C#N)CCCC3)cc1. The van der Waals surface area contributed by atoms with Crippen molar-refractivity contribution in [3.63, 3.8) is 0 Å². The van der Waals surface area contributed by atoms with Gasteiger partial charge in [0.2, 0.25) is 0 Å². The number of aliphatic imine (C=N–C) groups is 1. The highest BCUT2D eigenvalue weighted by molar-refractivity contribution is 7.16. The van der Waals surface area contributed by atoms with Gasteiger partial charge < -0.3 is 4.74 Å². The predicted molar refractivity (Wildman–Crippen MR) is 90.7 cm³/mol. The lowest BCUT2D eigenvalue weighted by Crippen LogP contribution is -2.00. The minimum Gasteiger partial charge on any atom is -0.465 e. The molecule has 23 heavy (non-hydrogen) atoms. The monoisotopic (exact) mass is 324 g/mol. The molecule has 5 heteroatoms. The van der Waals surface area contributed by atoms with Crippen molar-refractivity contribution in [2.24, 2.45) is 4.99 Å². The number of methoxy groups -OCH3 is 1. The lowest BCUT2D eigenvalue weighted by atomic mass is 9.96. The zero-order valence-electron chi connectivity index (χ0n) is 12.8. The van der Waals surface area contributed by atoms with Crippen LogP contribution in [0.25, 0.3) is 0 Å². The predicted octanol–water partition coefficient (Wildman–Crippen LogP) is 4.04. The van der Waals surface area contributed by atoms with E-state index in [2.05, 4.69) is 15.8 Å². The smallest absolute Gasteiger partial charge is 0.337 e. The van der Waals surface area contributed by atoms with Gasteiger partial charge in [-0.05, 0) is 48.9 Å². The number of thiophene rings is 1. The number of esters is 1. The number of carbonyl (C=O) groups excluding carboxylic acids is 1. The van der Waals surface area contributed by atoms with Crippen LogP contribution in [0.5, 0.6) is 0 Å². The maximum atomic E-state index is 11.4. The largest absolute Gasteiger partial charge is 0.465 e. The number of benzene rings is 1. The average Bonchev–Trinajstić information content (AvgIpc) is 2.97. The topological polar surface area (TPSA) is 62.4 Å². The number of hydrogen-bond donors (Lipinski definition) is 0. The third kappa shape index (κ3) is 3.17. The van der Waals surface area contributed by atoms with Gasteiger partial charge in [-0.15, -0.1) is 11.3 Å². The number of nitrogens with zero attached hydrogens (tertiary/aromatic N) is 2. The zero-order chi connectivity index (χ0) is 16.2. The van der Waals surface area contributed by atoms with Crippen LogP contribution < -0.4 is 0 Å². The molecule has 0 saturated heterocycles.